The molecule has 0 fully saturated rings. The molecule has 0 saturated carbocycles. The molecule has 0 bridgehead atoms. The highest BCUT2D eigenvalue weighted by molar-refractivity contribution is 9.14. The lowest BCUT2D eigenvalue weighted by Crippen LogP contribution is -2.41. The van der Waals surface area contributed by atoms with Gasteiger partial charge in [0, 0.05) is 13.7 Å². The van der Waals surface area contributed by atoms with Crippen LogP contribution < -0.4 is 5.32 Å². The summed E-state index contributed by atoms with van der Waals surface area (Å²) in [4.78, 5) is 36.6. The fourth-order valence-corrected chi connectivity index (χ4v) is 4.11. The van der Waals surface area contributed by atoms with E-state index >= 15 is 0 Å². The monoisotopic (exact) mass is 808 g/mol. The largest absolute Gasteiger partial charge is 0.382 e. The average Bonchev–Trinajstić information content (AvgIpc) is 3.24. The molecule has 274 valence electrons. The Hall–Kier alpha value is -1.13. The number of halogens is 2. The molecule has 47 heavy (non-hydrogen) atoms. The second kappa shape index (κ2) is 32.1. The van der Waals surface area contributed by atoms with Crippen LogP contribution in [0, 0.1) is 0 Å². The number of nitrogens with zero attached hydrogens (tertiary/aromatic N) is 1. The van der Waals surface area contributed by atoms with Crippen molar-refractivity contribution in [2.45, 2.75) is 0 Å². The van der Waals surface area contributed by atoms with Crippen molar-refractivity contribution in [1.29, 1.82) is 0 Å². The van der Waals surface area contributed by atoms with Gasteiger partial charge in [0.25, 0.3) is 11.8 Å². The van der Waals surface area contributed by atoms with E-state index in [1.807, 2.05) is 0 Å². The van der Waals surface area contributed by atoms with Crippen LogP contribution in [0.3, 0.4) is 0 Å². The topological polar surface area (TPSA) is 168 Å². The molecule has 0 unspecified atom stereocenters. The van der Waals surface area contributed by atoms with Crippen LogP contribution in [0.5, 0.6) is 0 Å². The number of imide groups is 1. The Kier molecular flexibility index (Phi) is 30.0. The van der Waals surface area contributed by atoms with Gasteiger partial charge in [-0.05, 0) is 31.9 Å². The minimum atomic E-state index is -0.558. The fraction of sp³-hybridized carbons (Fsp3) is 0.828. The third-order valence-electron chi connectivity index (χ3n) is 5.71. The molecule has 0 spiro atoms. The highest BCUT2D eigenvalue weighted by Crippen LogP contribution is 2.28. The predicted molar refractivity (Wildman–Crippen MR) is 175 cm³/mol. The van der Waals surface area contributed by atoms with Gasteiger partial charge in [0.2, 0.25) is 5.91 Å². The molecule has 0 aliphatic carbocycles. The highest BCUT2D eigenvalue weighted by atomic mass is 79.9. The van der Waals surface area contributed by atoms with Crippen LogP contribution in [0.1, 0.15) is 0 Å². The van der Waals surface area contributed by atoms with Crippen LogP contribution in [0.15, 0.2) is 8.96 Å². The van der Waals surface area contributed by atoms with Crippen LogP contribution in [-0.2, 0) is 66.5 Å². The summed E-state index contributed by atoms with van der Waals surface area (Å²) in [6, 6.07) is 0. The van der Waals surface area contributed by atoms with Crippen LogP contribution in [0.4, 0.5) is 0 Å². The zero-order valence-corrected chi connectivity index (χ0v) is 30.4. The molecule has 0 atom stereocenters. The summed E-state index contributed by atoms with van der Waals surface area (Å²) in [6.07, 6.45) is 0. The number of rotatable bonds is 35. The number of carbonyl (C=O) groups is 3. The molecule has 1 heterocycles. The number of ether oxygens (including phenoxy) is 11. The minimum Gasteiger partial charge on any atom is -0.382 e. The molecule has 18 heteroatoms. The Morgan fingerprint density at radius 1 is 0.489 bits per heavy atom. The fourth-order valence-electron chi connectivity index (χ4n) is 3.35. The van der Waals surface area contributed by atoms with Crippen LogP contribution in [-0.4, -0.2) is 182 Å². The molecule has 16 nitrogen and oxygen atoms in total. The van der Waals surface area contributed by atoms with Gasteiger partial charge >= 0.3 is 0 Å². The van der Waals surface area contributed by atoms with E-state index in [2.05, 4.69) is 37.2 Å². The minimum absolute atomic E-state index is 0.101. The third-order valence-corrected chi connectivity index (χ3v) is 7.71. The van der Waals surface area contributed by atoms with Crippen molar-refractivity contribution < 1.29 is 66.5 Å². The maximum absolute atomic E-state index is 11.9. The summed E-state index contributed by atoms with van der Waals surface area (Å²) in [5.74, 6) is -1.57. The molecule has 0 aromatic rings. The lowest BCUT2D eigenvalue weighted by atomic mass is 10.4. The molecule has 1 aliphatic heterocycles. The molecule has 3 amide bonds. The Bertz CT molecular complexity index is 832. The molecule has 0 aromatic carbocycles. The van der Waals surface area contributed by atoms with Crippen molar-refractivity contribution in [3.63, 3.8) is 0 Å². The molecule has 1 rings (SSSR count). The first-order valence-electron chi connectivity index (χ1n) is 15.4. The van der Waals surface area contributed by atoms with Gasteiger partial charge in [-0.1, -0.05) is 0 Å². The van der Waals surface area contributed by atoms with E-state index in [0.717, 1.165) is 4.90 Å². The average molecular weight is 811 g/mol. The summed E-state index contributed by atoms with van der Waals surface area (Å²) in [7, 11) is 1.64. The van der Waals surface area contributed by atoms with Gasteiger partial charge < -0.3 is 57.4 Å². The summed E-state index contributed by atoms with van der Waals surface area (Å²) >= 11 is 6.03. The summed E-state index contributed by atoms with van der Waals surface area (Å²) in [5, 5.41) is 2.60. The summed E-state index contributed by atoms with van der Waals surface area (Å²) < 4.78 is 59.2. The van der Waals surface area contributed by atoms with Gasteiger partial charge in [-0.3, -0.25) is 19.3 Å². The van der Waals surface area contributed by atoms with E-state index in [-0.39, 0.29) is 28.7 Å². The smallest absolute Gasteiger partial charge is 0.269 e. The van der Waals surface area contributed by atoms with Crippen molar-refractivity contribution in [2.24, 2.45) is 0 Å². The number of hydrogen-bond acceptors (Lipinski definition) is 14. The second-order valence-corrected chi connectivity index (χ2v) is 10.9. The number of amides is 3. The van der Waals surface area contributed by atoms with E-state index in [9.17, 15) is 14.4 Å². The van der Waals surface area contributed by atoms with Gasteiger partial charge in [-0.25, -0.2) is 0 Å². The van der Waals surface area contributed by atoms with Crippen LogP contribution in [0.25, 0.3) is 0 Å². The summed E-state index contributed by atoms with van der Waals surface area (Å²) in [5.41, 5.74) is 0. The quantitative estimate of drug-likeness (QED) is 0.0685. The van der Waals surface area contributed by atoms with Gasteiger partial charge in [0.1, 0.15) is 15.5 Å². The first-order chi connectivity index (χ1) is 23.0. The van der Waals surface area contributed by atoms with E-state index in [1.165, 1.54) is 0 Å². The molecule has 0 aromatic heterocycles. The predicted octanol–water partition coefficient (Wildman–Crippen LogP) is 0.285. The zero-order valence-electron chi connectivity index (χ0n) is 27.2. The van der Waals surface area contributed by atoms with Crippen molar-refractivity contribution >= 4 is 49.6 Å². The van der Waals surface area contributed by atoms with Gasteiger partial charge in [0.05, 0.1) is 139 Å². The third kappa shape index (κ3) is 24.6. The van der Waals surface area contributed by atoms with Crippen molar-refractivity contribution in [3.8, 4) is 0 Å². The maximum atomic E-state index is 11.9. The SMILES string of the molecule is COCCOCCOCCOCCOCCOCCOCCOCCOCCOCCOCCNC(=O)CN1C(=O)C(Br)=C(Br)C1=O. The lowest BCUT2D eigenvalue weighted by Gasteiger charge is -2.14. The van der Waals surface area contributed by atoms with Gasteiger partial charge in [-0.15, -0.1) is 0 Å². The molecule has 0 radical (unpaired) electrons. The van der Waals surface area contributed by atoms with E-state index in [1.54, 1.807) is 7.11 Å². The maximum Gasteiger partial charge on any atom is 0.269 e. The number of nitrogens with one attached hydrogen (secondary N) is 1. The second-order valence-electron chi connectivity index (χ2n) is 9.29. The number of hydrogen-bond donors (Lipinski definition) is 1. The number of carbonyl (C=O) groups excluding carboxylic acids is 3. The van der Waals surface area contributed by atoms with Crippen molar-refractivity contribution in [3.05, 3.63) is 8.96 Å². The molecule has 1 N–H and O–H groups in total. The van der Waals surface area contributed by atoms with Crippen molar-refractivity contribution in [2.75, 3.05) is 159 Å². The van der Waals surface area contributed by atoms with E-state index in [4.69, 9.17) is 52.1 Å². The Morgan fingerprint density at radius 2 is 0.745 bits per heavy atom. The first-order valence-corrected chi connectivity index (χ1v) is 17.0. The Balaban J connectivity index is 1.69. The van der Waals surface area contributed by atoms with E-state index < -0.39 is 17.7 Å². The number of methoxy groups -OCH3 is 1. The van der Waals surface area contributed by atoms with Crippen molar-refractivity contribution in [1.82, 2.24) is 10.2 Å². The highest BCUT2D eigenvalue weighted by Gasteiger charge is 2.36. The molecule has 0 saturated heterocycles. The Morgan fingerprint density at radius 3 is 1.02 bits per heavy atom. The molecular weight excluding hydrogens is 760 g/mol. The van der Waals surface area contributed by atoms with Crippen LogP contribution >= 0.6 is 31.9 Å². The molecule has 1 aliphatic rings. The lowest BCUT2D eigenvalue weighted by molar-refractivity contribution is -0.141. The zero-order chi connectivity index (χ0) is 34.2. The normalized spacial score (nSPS) is 13.4. The van der Waals surface area contributed by atoms with Crippen LogP contribution in [0.2, 0.25) is 0 Å². The summed E-state index contributed by atoms with van der Waals surface area (Å²) in [6.45, 7) is 9.80. The first kappa shape index (κ1) is 43.9. The molecular formula is C29H50Br2N2O14. The standard InChI is InChI=1S/C29H50Br2N2O14/c1-37-4-5-39-8-9-41-12-13-43-16-17-45-20-21-47-23-22-46-19-18-44-15-14-42-11-10-40-7-6-38-3-2-32-25(34)24-33-28(35)26(30)27(31)29(33)36/h2-24H2,1H3,(H,32,34). The van der Waals surface area contributed by atoms with E-state index in [0.29, 0.717) is 132 Å². The Labute approximate surface area is 293 Å². The van der Waals surface area contributed by atoms with Gasteiger partial charge in [0.15, 0.2) is 0 Å². The van der Waals surface area contributed by atoms with Gasteiger partial charge in [-0.2, -0.15) is 0 Å².